The minimum atomic E-state index is -0.893. The Labute approximate surface area is 236 Å². The zero-order valence-electron chi connectivity index (χ0n) is 22.4. The third kappa shape index (κ3) is 7.33. The van der Waals surface area contributed by atoms with Crippen molar-refractivity contribution in [2.75, 3.05) is 55.9 Å². The van der Waals surface area contributed by atoms with E-state index < -0.39 is 6.29 Å². The molecule has 208 valence electrons. The fraction of sp³-hybridized carbons (Fsp3) is 0.552. The van der Waals surface area contributed by atoms with Crippen molar-refractivity contribution < 1.29 is 19.4 Å². The number of ether oxygens (including phenoxy) is 2. The number of halogens is 2. The molecule has 0 bridgehead atoms. The molecule has 2 aliphatic heterocycles. The number of benzene rings is 2. The second-order valence-electron chi connectivity index (χ2n) is 10.1. The monoisotopic (exact) mass is 563 g/mol. The lowest BCUT2D eigenvalue weighted by molar-refractivity contribution is -0.138. The van der Waals surface area contributed by atoms with E-state index >= 15 is 0 Å². The number of fused-ring (bicyclic) bond motifs is 1. The zero-order valence-corrected chi connectivity index (χ0v) is 23.9. The van der Waals surface area contributed by atoms with Crippen LogP contribution < -0.4 is 14.5 Å². The number of amides is 1. The number of hydrogen-bond donors (Lipinski definition) is 1. The highest BCUT2D eigenvalue weighted by atomic mass is 35.5. The Morgan fingerprint density at radius 2 is 1.82 bits per heavy atom. The normalized spacial score (nSPS) is 17.9. The molecule has 0 aliphatic carbocycles. The summed E-state index contributed by atoms with van der Waals surface area (Å²) in [6, 6.07) is 11.7. The summed E-state index contributed by atoms with van der Waals surface area (Å²) < 4.78 is 11.7. The van der Waals surface area contributed by atoms with Crippen LogP contribution in [-0.4, -0.2) is 68.3 Å². The van der Waals surface area contributed by atoms with Crippen molar-refractivity contribution in [3.05, 3.63) is 52.0 Å². The van der Waals surface area contributed by atoms with Crippen molar-refractivity contribution in [3.8, 4) is 5.75 Å². The number of aryl methyl sites for hydroxylation is 1. The summed E-state index contributed by atoms with van der Waals surface area (Å²) in [5.74, 6) is 0.760. The highest BCUT2D eigenvalue weighted by Crippen LogP contribution is 2.33. The van der Waals surface area contributed by atoms with Gasteiger partial charge in [0, 0.05) is 44.6 Å². The third-order valence-electron chi connectivity index (χ3n) is 7.54. The number of aliphatic hydroxyl groups excluding tert-OH is 1. The van der Waals surface area contributed by atoms with Gasteiger partial charge in [0.2, 0.25) is 5.91 Å². The third-order valence-corrected chi connectivity index (χ3v) is 8.35. The Bertz CT molecular complexity index is 1080. The summed E-state index contributed by atoms with van der Waals surface area (Å²) in [7, 11) is 0. The van der Waals surface area contributed by atoms with Crippen molar-refractivity contribution >= 4 is 40.5 Å². The Morgan fingerprint density at radius 3 is 2.58 bits per heavy atom. The number of hydrogen-bond acceptors (Lipinski definition) is 6. The standard InChI is InChI=1S/C29H39Cl2N3O4/c1-3-21(2)29(36)38-20-34-26-19-23(11-9-22(26)10-12-27(34)35)37-18-5-4-13-32-14-16-33(17-15-32)25-8-6-7-24(30)28(25)31/h6-9,11,19,21,29,36H,3-5,10,12-18,20H2,1-2H3. The molecule has 1 saturated heterocycles. The number of carbonyl (C=O) groups is 1. The first-order valence-electron chi connectivity index (χ1n) is 13.6. The Kier molecular flexibility index (Phi) is 10.6. The summed E-state index contributed by atoms with van der Waals surface area (Å²) in [5, 5.41) is 11.4. The van der Waals surface area contributed by atoms with Crippen LogP contribution in [0, 0.1) is 5.92 Å². The number of unbranched alkanes of at least 4 members (excludes halogenated alkanes) is 1. The highest BCUT2D eigenvalue weighted by Gasteiger charge is 2.26. The van der Waals surface area contributed by atoms with Crippen molar-refractivity contribution in [2.24, 2.45) is 5.92 Å². The zero-order chi connectivity index (χ0) is 27.1. The van der Waals surface area contributed by atoms with E-state index in [1.54, 1.807) is 4.90 Å². The first-order chi connectivity index (χ1) is 18.4. The molecule has 2 aliphatic rings. The average Bonchev–Trinajstić information content (AvgIpc) is 2.93. The van der Waals surface area contributed by atoms with Crippen molar-refractivity contribution in [2.45, 2.75) is 52.2 Å². The van der Waals surface area contributed by atoms with Crippen LogP contribution in [0.2, 0.25) is 10.0 Å². The Morgan fingerprint density at radius 1 is 1.03 bits per heavy atom. The molecule has 1 fully saturated rings. The lowest BCUT2D eigenvalue weighted by Gasteiger charge is -2.36. The summed E-state index contributed by atoms with van der Waals surface area (Å²) >= 11 is 12.6. The van der Waals surface area contributed by atoms with Crippen LogP contribution in [0.3, 0.4) is 0 Å². The van der Waals surface area contributed by atoms with Gasteiger partial charge < -0.3 is 19.5 Å². The number of carbonyl (C=O) groups excluding carboxylic acids is 1. The maximum absolute atomic E-state index is 12.6. The van der Waals surface area contributed by atoms with Gasteiger partial charge in [0.25, 0.3) is 0 Å². The van der Waals surface area contributed by atoms with Crippen molar-refractivity contribution in [3.63, 3.8) is 0 Å². The van der Waals surface area contributed by atoms with Crippen LogP contribution >= 0.6 is 23.2 Å². The van der Waals surface area contributed by atoms with Gasteiger partial charge in [0.1, 0.15) is 12.5 Å². The van der Waals surface area contributed by atoms with Crippen molar-refractivity contribution in [1.82, 2.24) is 4.90 Å². The Balaban J connectivity index is 1.20. The molecule has 0 radical (unpaired) electrons. The minimum Gasteiger partial charge on any atom is -0.494 e. The molecule has 0 spiro atoms. The van der Waals surface area contributed by atoms with E-state index in [1.807, 2.05) is 50.2 Å². The first kappa shape index (κ1) is 29.0. The molecule has 0 aromatic heterocycles. The second kappa shape index (κ2) is 13.9. The van der Waals surface area contributed by atoms with Gasteiger partial charge in [-0.15, -0.1) is 0 Å². The van der Waals surface area contributed by atoms with Crippen LogP contribution in [0.1, 0.15) is 45.1 Å². The summed E-state index contributed by atoms with van der Waals surface area (Å²) in [6.45, 7) is 9.46. The predicted molar refractivity (Wildman–Crippen MR) is 154 cm³/mol. The molecule has 4 rings (SSSR count). The van der Waals surface area contributed by atoms with E-state index in [1.165, 1.54) is 0 Å². The van der Waals surface area contributed by atoms with E-state index in [4.69, 9.17) is 32.7 Å². The van der Waals surface area contributed by atoms with Gasteiger partial charge in [-0.05, 0) is 56.0 Å². The fourth-order valence-electron chi connectivity index (χ4n) is 4.84. The van der Waals surface area contributed by atoms with Gasteiger partial charge >= 0.3 is 0 Å². The molecule has 38 heavy (non-hydrogen) atoms. The largest absolute Gasteiger partial charge is 0.494 e. The molecule has 2 aromatic carbocycles. The topological polar surface area (TPSA) is 65.5 Å². The molecule has 2 unspecified atom stereocenters. The predicted octanol–water partition coefficient (Wildman–Crippen LogP) is 5.59. The molecule has 2 heterocycles. The van der Waals surface area contributed by atoms with Gasteiger partial charge in [-0.1, -0.05) is 49.2 Å². The molecule has 1 amide bonds. The van der Waals surface area contributed by atoms with Gasteiger partial charge in [0.15, 0.2) is 6.29 Å². The summed E-state index contributed by atoms with van der Waals surface area (Å²) in [6.07, 6.45) is 3.05. The second-order valence-corrected chi connectivity index (χ2v) is 10.9. The van der Waals surface area contributed by atoms with E-state index in [0.717, 1.165) is 74.7 Å². The molecule has 9 heteroatoms. The maximum atomic E-state index is 12.6. The quantitative estimate of drug-likeness (QED) is 0.268. The lowest BCUT2D eigenvalue weighted by atomic mass is 10.0. The number of rotatable bonds is 12. The van der Waals surface area contributed by atoms with Gasteiger partial charge in [0.05, 0.1) is 28.0 Å². The minimum absolute atomic E-state index is 0.00346. The fourth-order valence-corrected chi connectivity index (χ4v) is 5.26. The summed E-state index contributed by atoms with van der Waals surface area (Å²) in [5.41, 5.74) is 2.92. The van der Waals surface area contributed by atoms with E-state index in [0.29, 0.717) is 29.5 Å². The molecule has 7 nitrogen and oxygen atoms in total. The highest BCUT2D eigenvalue weighted by molar-refractivity contribution is 6.43. The van der Waals surface area contributed by atoms with Gasteiger partial charge in [-0.3, -0.25) is 14.6 Å². The molecular formula is C29H39Cl2N3O4. The van der Waals surface area contributed by atoms with E-state index in [2.05, 4.69) is 9.80 Å². The smallest absolute Gasteiger partial charge is 0.229 e. The lowest BCUT2D eigenvalue weighted by Crippen LogP contribution is -2.46. The first-order valence-corrected chi connectivity index (χ1v) is 14.4. The van der Waals surface area contributed by atoms with E-state index in [9.17, 15) is 9.90 Å². The van der Waals surface area contributed by atoms with Gasteiger partial charge in [-0.2, -0.15) is 0 Å². The summed E-state index contributed by atoms with van der Waals surface area (Å²) in [4.78, 5) is 19.0. The van der Waals surface area contributed by atoms with Crippen molar-refractivity contribution in [1.29, 1.82) is 0 Å². The Hall–Kier alpha value is -2.03. The van der Waals surface area contributed by atoms with Crippen LogP contribution in [-0.2, 0) is 16.0 Å². The molecule has 0 saturated carbocycles. The average molecular weight is 565 g/mol. The van der Waals surface area contributed by atoms with Crippen LogP contribution in [0.15, 0.2) is 36.4 Å². The van der Waals surface area contributed by atoms with Gasteiger partial charge in [-0.25, -0.2) is 0 Å². The number of anilines is 2. The molecular weight excluding hydrogens is 525 g/mol. The molecule has 2 atom stereocenters. The number of aliphatic hydroxyl groups is 1. The number of nitrogens with zero attached hydrogens (tertiary/aromatic N) is 3. The maximum Gasteiger partial charge on any atom is 0.229 e. The van der Waals surface area contributed by atoms with Crippen LogP contribution in [0.25, 0.3) is 0 Å². The molecule has 2 aromatic rings. The SMILES string of the molecule is CCC(C)C(O)OCN1C(=O)CCc2ccc(OCCCCN3CCN(c4cccc(Cl)c4Cl)CC3)cc21. The van der Waals surface area contributed by atoms with Crippen LogP contribution in [0.4, 0.5) is 11.4 Å². The van der Waals surface area contributed by atoms with Crippen LogP contribution in [0.5, 0.6) is 5.75 Å². The molecule has 1 N–H and O–H groups in total. The van der Waals surface area contributed by atoms with E-state index in [-0.39, 0.29) is 18.6 Å². The number of piperazine rings is 1.